The zero-order valence-electron chi connectivity index (χ0n) is 13.9. The number of piperazine rings is 1. The fraction of sp³-hybridized carbons (Fsp3) is 0.400. The molecule has 23 heavy (non-hydrogen) atoms. The highest BCUT2D eigenvalue weighted by Crippen LogP contribution is 2.19. The summed E-state index contributed by atoms with van der Waals surface area (Å²) in [6.07, 6.45) is 1.27. The lowest BCUT2D eigenvalue weighted by Crippen LogP contribution is -2.46. The summed E-state index contributed by atoms with van der Waals surface area (Å²) in [5, 5.41) is 0. The first kappa shape index (κ1) is 16.4. The van der Waals surface area contributed by atoms with E-state index in [0.717, 1.165) is 13.1 Å². The normalized spacial score (nSPS) is 15.8. The summed E-state index contributed by atoms with van der Waals surface area (Å²) >= 11 is 1.97. The van der Waals surface area contributed by atoms with Crippen molar-refractivity contribution in [2.45, 2.75) is 18.2 Å². The first-order valence-electron chi connectivity index (χ1n) is 8.53. The molecule has 0 aliphatic carbocycles. The molecule has 0 amide bonds. The van der Waals surface area contributed by atoms with E-state index in [9.17, 15) is 0 Å². The second-order valence-electron chi connectivity index (χ2n) is 6.18. The SMILES string of the molecule is Cc1cccc(N2CCN(CCCSc3ccccc3)CC2)c1. The molecule has 1 aliphatic heterocycles. The lowest BCUT2D eigenvalue weighted by molar-refractivity contribution is 0.259. The van der Waals surface area contributed by atoms with Crippen molar-refractivity contribution in [2.24, 2.45) is 0 Å². The molecule has 3 rings (SSSR count). The van der Waals surface area contributed by atoms with E-state index in [1.54, 1.807) is 0 Å². The van der Waals surface area contributed by atoms with Crippen molar-refractivity contribution in [3.63, 3.8) is 0 Å². The first-order chi connectivity index (χ1) is 11.3. The molecule has 0 atom stereocenters. The number of aryl methyl sites for hydroxylation is 1. The van der Waals surface area contributed by atoms with Crippen molar-refractivity contribution in [1.29, 1.82) is 0 Å². The predicted molar refractivity (Wildman–Crippen MR) is 102 cm³/mol. The van der Waals surface area contributed by atoms with E-state index in [0.29, 0.717) is 0 Å². The van der Waals surface area contributed by atoms with Gasteiger partial charge in [0.2, 0.25) is 0 Å². The van der Waals surface area contributed by atoms with Gasteiger partial charge in [0.15, 0.2) is 0 Å². The van der Waals surface area contributed by atoms with Crippen LogP contribution < -0.4 is 4.90 Å². The van der Waals surface area contributed by atoms with Crippen LogP contribution in [0.2, 0.25) is 0 Å². The smallest absolute Gasteiger partial charge is 0.0369 e. The van der Waals surface area contributed by atoms with Gasteiger partial charge in [0.25, 0.3) is 0 Å². The van der Waals surface area contributed by atoms with Crippen LogP contribution in [0, 0.1) is 6.92 Å². The van der Waals surface area contributed by atoms with Crippen LogP contribution in [-0.2, 0) is 0 Å². The quantitative estimate of drug-likeness (QED) is 0.577. The summed E-state index contributed by atoms with van der Waals surface area (Å²) in [5.74, 6) is 1.21. The molecule has 1 heterocycles. The van der Waals surface area contributed by atoms with Gasteiger partial charge in [-0.1, -0.05) is 30.3 Å². The van der Waals surface area contributed by atoms with Gasteiger partial charge in [0.05, 0.1) is 0 Å². The van der Waals surface area contributed by atoms with E-state index in [-0.39, 0.29) is 0 Å². The molecule has 0 spiro atoms. The summed E-state index contributed by atoms with van der Waals surface area (Å²) < 4.78 is 0. The average molecular weight is 327 g/mol. The third-order valence-corrected chi connectivity index (χ3v) is 5.47. The third kappa shape index (κ3) is 5.02. The van der Waals surface area contributed by atoms with E-state index in [4.69, 9.17) is 0 Å². The van der Waals surface area contributed by atoms with E-state index in [1.165, 1.54) is 48.0 Å². The third-order valence-electron chi connectivity index (χ3n) is 4.37. The number of hydrogen-bond acceptors (Lipinski definition) is 3. The molecule has 1 saturated heterocycles. The lowest BCUT2D eigenvalue weighted by Gasteiger charge is -2.36. The Balaban J connectivity index is 1.36. The van der Waals surface area contributed by atoms with Crippen LogP contribution in [-0.4, -0.2) is 43.4 Å². The summed E-state index contributed by atoms with van der Waals surface area (Å²) in [4.78, 5) is 6.51. The lowest BCUT2D eigenvalue weighted by atomic mass is 10.2. The summed E-state index contributed by atoms with van der Waals surface area (Å²) in [5.41, 5.74) is 2.73. The van der Waals surface area contributed by atoms with Crippen LogP contribution in [0.3, 0.4) is 0 Å². The molecule has 0 aromatic heterocycles. The van der Waals surface area contributed by atoms with Crippen LogP contribution in [0.4, 0.5) is 5.69 Å². The van der Waals surface area contributed by atoms with Gasteiger partial charge in [0, 0.05) is 36.8 Å². The predicted octanol–water partition coefficient (Wildman–Crippen LogP) is 4.30. The molecule has 2 aromatic rings. The highest BCUT2D eigenvalue weighted by atomic mass is 32.2. The first-order valence-corrected chi connectivity index (χ1v) is 9.52. The fourth-order valence-electron chi connectivity index (χ4n) is 3.05. The fourth-order valence-corrected chi connectivity index (χ4v) is 3.91. The molecular weight excluding hydrogens is 300 g/mol. The van der Waals surface area contributed by atoms with Crippen LogP contribution in [0.5, 0.6) is 0 Å². The summed E-state index contributed by atoms with van der Waals surface area (Å²) in [6.45, 7) is 8.06. The number of thioether (sulfide) groups is 1. The van der Waals surface area contributed by atoms with E-state index < -0.39 is 0 Å². The Bertz CT molecular complexity index is 592. The Labute approximate surface area is 144 Å². The van der Waals surface area contributed by atoms with Gasteiger partial charge in [0.1, 0.15) is 0 Å². The van der Waals surface area contributed by atoms with E-state index >= 15 is 0 Å². The van der Waals surface area contributed by atoms with Crippen LogP contribution >= 0.6 is 11.8 Å². The van der Waals surface area contributed by atoms with Crippen LogP contribution in [0.25, 0.3) is 0 Å². The highest BCUT2D eigenvalue weighted by molar-refractivity contribution is 7.99. The second-order valence-corrected chi connectivity index (χ2v) is 7.35. The van der Waals surface area contributed by atoms with Crippen molar-refractivity contribution in [1.82, 2.24) is 4.90 Å². The average Bonchev–Trinajstić information content (AvgIpc) is 2.60. The minimum absolute atomic E-state index is 1.15. The minimum Gasteiger partial charge on any atom is -0.369 e. The maximum absolute atomic E-state index is 2.61. The Kier molecular flexibility index (Phi) is 6.00. The zero-order valence-corrected chi connectivity index (χ0v) is 14.8. The maximum Gasteiger partial charge on any atom is 0.0369 e. The molecule has 0 bridgehead atoms. The van der Waals surface area contributed by atoms with E-state index in [2.05, 4.69) is 71.3 Å². The summed E-state index contributed by atoms with van der Waals surface area (Å²) in [7, 11) is 0. The van der Waals surface area contributed by atoms with Gasteiger partial charge in [-0.3, -0.25) is 4.90 Å². The van der Waals surface area contributed by atoms with Crippen molar-refractivity contribution in [2.75, 3.05) is 43.4 Å². The summed E-state index contributed by atoms with van der Waals surface area (Å²) in [6, 6.07) is 19.6. The molecule has 0 saturated carbocycles. The molecule has 3 heteroatoms. The minimum atomic E-state index is 1.15. The van der Waals surface area contributed by atoms with Gasteiger partial charge < -0.3 is 4.90 Å². The van der Waals surface area contributed by atoms with Gasteiger partial charge >= 0.3 is 0 Å². The molecule has 2 nitrogen and oxygen atoms in total. The maximum atomic E-state index is 2.61. The van der Waals surface area contributed by atoms with Gasteiger partial charge in [-0.15, -0.1) is 11.8 Å². The highest BCUT2D eigenvalue weighted by Gasteiger charge is 2.16. The molecule has 0 N–H and O–H groups in total. The number of anilines is 1. The van der Waals surface area contributed by atoms with Gasteiger partial charge in [-0.2, -0.15) is 0 Å². The van der Waals surface area contributed by atoms with Gasteiger partial charge in [-0.25, -0.2) is 0 Å². The number of nitrogens with zero attached hydrogens (tertiary/aromatic N) is 2. The molecule has 122 valence electrons. The number of rotatable bonds is 6. The van der Waals surface area contributed by atoms with Crippen molar-refractivity contribution < 1.29 is 0 Å². The largest absolute Gasteiger partial charge is 0.369 e. The zero-order chi connectivity index (χ0) is 15.9. The topological polar surface area (TPSA) is 6.48 Å². The van der Waals surface area contributed by atoms with E-state index in [1.807, 2.05) is 11.8 Å². The molecule has 1 aliphatic rings. The van der Waals surface area contributed by atoms with Crippen LogP contribution in [0.15, 0.2) is 59.5 Å². The van der Waals surface area contributed by atoms with Crippen molar-refractivity contribution in [3.8, 4) is 0 Å². The Morgan fingerprint density at radius 2 is 1.70 bits per heavy atom. The van der Waals surface area contributed by atoms with Crippen molar-refractivity contribution >= 4 is 17.4 Å². The number of benzene rings is 2. The Morgan fingerprint density at radius 3 is 2.43 bits per heavy atom. The Hall–Kier alpha value is -1.45. The number of hydrogen-bond donors (Lipinski definition) is 0. The standard InChI is InChI=1S/C20H26N2S/c1-18-7-5-8-19(17-18)22-14-12-21(13-15-22)11-6-16-23-20-9-3-2-4-10-20/h2-5,7-10,17H,6,11-16H2,1H3. The molecule has 2 aromatic carbocycles. The molecule has 1 fully saturated rings. The van der Waals surface area contributed by atoms with Gasteiger partial charge in [-0.05, 0) is 55.5 Å². The Morgan fingerprint density at radius 1 is 0.913 bits per heavy atom. The molecule has 0 unspecified atom stereocenters. The van der Waals surface area contributed by atoms with Crippen molar-refractivity contribution in [3.05, 3.63) is 60.2 Å². The molecular formula is C20H26N2S. The monoisotopic (exact) mass is 326 g/mol. The molecule has 0 radical (unpaired) electrons. The second kappa shape index (κ2) is 8.42. The van der Waals surface area contributed by atoms with Crippen LogP contribution in [0.1, 0.15) is 12.0 Å².